The van der Waals surface area contributed by atoms with Crippen LogP contribution in [0.5, 0.6) is 0 Å². The van der Waals surface area contributed by atoms with Crippen molar-refractivity contribution in [1.29, 1.82) is 0 Å². The number of thiazole rings is 1. The second-order valence-corrected chi connectivity index (χ2v) is 8.77. The Balaban J connectivity index is 1.55. The summed E-state index contributed by atoms with van der Waals surface area (Å²) in [5.41, 5.74) is 2.86. The fraction of sp³-hybridized carbons (Fsp3) is 0.0952. The molecular weight excluding hydrogens is 443 g/mol. The van der Waals surface area contributed by atoms with Gasteiger partial charge in [0, 0.05) is 33.8 Å². The molecule has 0 spiro atoms. The van der Waals surface area contributed by atoms with E-state index < -0.39 is 0 Å². The van der Waals surface area contributed by atoms with E-state index in [0.717, 1.165) is 32.8 Å². The van der Waals surface area contributed by atoms with Crippen molar-refractivity contribution in [1.82, 2.24) is 19.7 Å². The van der Waals surface area contributed by atoms with Crippen molar-refractivity contribution in [3.63, 3.8) is 0 Å². The zero-order valence-corrected chi connectivity index (χ0v) is 18.4. The van der Waals surface area contributed by atoms with E-state index in [2.05, 4.69) is 22.2 Å². The van der Waals surface area contributed by atoms with Crippen molar-refractivity contribution in [3.8, 4) is 22.0 Å². The summed E-state index contributed by atoms with van der Waals surface area (Å²) >= 11 is 15.6. The predicted octanol–water partition coefficient (Wildman–Crippen LogP) is 6.85. The lowest BCUT2D eigenvalue weighted by molar-refractivity contribution is 0.731. The molecule has 4 rings (SSSR count). The highest BCUT2D eigenvalue weighted by Crippen LogP contribution is 2.32. The average molecular weight is 459 g/mol. The second kappa shape index (κ2) is 9.13. The molecule has 0 radical (unpaired) electrons. The molecule has 2 heterocycles. The van der Waals surface area contributed by atoms with Crippen molar-refractivity contribution in [2.75, 3.05) is 0 Å². The number of hydrogen-bond donors (Lipinski definition) is 0. The number of hydrogen-bond acceptors (Lipinski definition) is 5. The van der Waals surface area contributed by atoms with E-state index in [-0.39, 0.29) is 0 Å². The largest absolute Gasteiger partial charge is 0.298 e. The third kappa shape index (κ3) is 4.56. The number of aromatic nitrogens is 4. The molecular formula is C21H16Cl2N4S2. The maximum Gasteiger partial charge on any atom is 0.192 e. The maximum absolute atomic E-state index is 6.29. The zero-order valence-electron chi connectivity index (χ0n) is 15.3. The van der Waals surface area contributed by atoms with Gasteiger partial charge in [-0.15, -0.1) is 28.1 Å². The van der Waals surface area contributed by atoms with Gasteiger partial charge in [-0.2, -0.15) is 0 Å². The van der Waals surface area contributed by atoms with Crippen LogP contribution in [-0.2, 0) is 12.3 Å². The highest BCUT2D eigenvalue weighted by molar-refractivity contribution is 7.98. The molecule has 0 unspecified atom stereocenters. The highest BCUT2D eigenvalue weighted by Gasteiger charge is 2.15. The third-order valence-corrected chi connectivity index (χ3v) is 6.61. The smallest absolute Gasteiger partial charge is 0.192 e. The van der Waals surface area contributed by atoms with E-state index >= 15 is 0 Å². The fourth-order valence-electron chi connectivity index (χ4n) is 2.80. The van der Waals surface area contributed by atoms with Crippen LogP contribution in [0.2, 0.25) is 10.0 Å². The van der Waals surface area contributed by atoms with Gasteiger partial charge in [-0.1, -0.05) is 71.4 Å². The van der Waals surface area contributed by atoms with Gasteiger partial charge in [0.2, 0.25) is 0 Å². The number of halogens is 2. The number of thioether (sulfide) groups is 1. The molecule has 4 nitrogen and oxygen atoms in total. The molecule has 0 aliphatic rings. The summed E-state index contributed by atoms with van der Waals surface area (Å²) in [6.45, 7) is 4.47. The van der Waals surface area contributed by atoms with Crippen LogP contribution >= 0.6 is 46.3 Å². The Kier molecular flexibility index (Phi) is 6.35. The molecule has 29 heavy (non-hydrogen) atoms. The minimum absolute atomic E-state index is 0.610. The van der Waals surface area contributed by atoms with E-state index in [9.17, 15) is 0 Å². The minimum atomic E-state index is 0.610. The summed E-state index contributed by atoms with van der Waals surface area (Å²) in [5, 5.41) is 13.9. The van der Waals surface area contributed by atoms with E-state index in [1.165, 1.54) is 0 Å². The van der Waals surface area contributed by atoms with E-state index in [1.54, 1.807) is 23.1 Å². The number of rotatable bonds is 7. The standard InChI is InChI=1S/C21H16Cl2N4S2/c1-2-10-27-19(14-6-5-7-15(22)11-14)25-26-21(27)29-13-16-12-28-20(24-16)17-8-3-4-9-18(17)23/h2-9,11-12H,1,10,13H2. The lowest BCUT2D eigenvalue weighted by Gasteiger charge is -2.07. The molecule has 2 aromatic heterocycles. The van der Waals surface area contributed by atoms with E-state index in [4.69, 9.17) is 28.2 Å². The van der Waals surface area contributed by atoms with Crippen LogP contribution in [0.15, 0.2) is 71.7 Å². The first kappa shape index (κ1) is 20.2. The quantitative estimate of drug-likeness (QED) is 0.224. The van der Waals surface area contributed by atoms with Crippen LogP contribution in [0, 0.1) is 0 Å². The van der Waals surface area contributed by atoms with Crippen LogP contribution in [0.25, 0.3) is 22.0 Å². The number of allylic oxidation sites excluding steroid dienone is 1. The predicted molar refractivity (Wildman–Crippen MR) is 123 cm³/mol. The van der Waals surface area contributed by atoms with Gasteiger partial charge in [-0.3, -0.25) is 4.57 Å². The monoisotopic (exact) mass is 458 g/mol. The first-order valence-electron chi connectivity index (χ1n) is 8.78. The number of benzene rings is 2. The van der Waals surface area contributed by atoms with Gasteiger partial charge in [0.25, 0.3) is 0 Å². The molecule has 0 amide bonds. The fourth-order valence-corrected chi connectivity index (χ4v) is 5.08. The van der Waals surface area contributed by atoms with Crippen molar-refractivity contribution in [2.24, 2.45) is 0 Å². The van der Waals surface area contributed by atoms with Gasteiger partial charge in [0.1, 0.15) is 5.01 Å². The molecule has 0 atom stereocenters. The molecule has 0 aliphatic heterocycles. The maximum atomic E-state index is 6.29. The summed E-state index contributed by atoms with van der Waals surface area (Å²) < 4.78 is 2.03. The summed E-state index contributed by atoms with van der Waals surface area (Å²) in [6, 6.07) is 15.3. The first-order chi connectivity index (χ1) is 14.2. The van der Waals surface area contributed by atoms with Gasteiger partial charge in [0.05, 0.1) is 10.7 Å². The summed E-state index contributed by atoms with van der Waals surface area (Å²) in [7, 11) is 0. The van der Waals surface area contributed by atoms with Crippen LogP contribution in [-0.4, -0.2) is 19.7 Å². The van der Waals surface area contributed by atoms with E-state index in [1.807, 2.05) is 59.2 Å². The number of nitrogens with zero attached hydrogens (tertiary/aromatic N) is 4. The van der Waals surface area contributed by atoms with Crippen molar-refractivity contribution in [2.45, 2.75) is 17.5 Å². The molecule has 0 aliphatic carbocycles. The SMILES string of the molecule is C=CCn1c(SCc2csc(-c3ccccc3Cl)n2)nnc1-c1cccc(Cl)c1. The molecule has 0 fully saturated rings. The Labute approximate surface area is 187 Å². The average Bonchev–Trinajstić information content (AvgIpc) is 3.34. The Morgan fingerprint density at radius 3 is 2.76 bits per heavy atom. The van der Waals surface area contributed by atoms with Crippen molar-refractivity contribution >= 4 is 46.3 Å². The molecule has 4 aromatic rings. The third-order valence-electron chi connectivity index (χ3n) is 4.12. The summed E-state index contributed by atoms with van der Waals surface area (Å²) in [4.78, 5) is 4.73. The topological polar surface area (TPSA) is 43.6 Å². The lowest BCUT2D eigenvalue weighted by atomic mass is 10.2. The molecule has 8 heteroatoms. The Hall–Kier alpha value is -2.12. The molecule has 146 valence electrons. The normalized spacial score (nSPS) is 11.0. The van der Waals surface area contributed by atoms with Gasteiger partial charge >= 0.3 is 0 Å². The molecule has 0 saturated heterocycles. The van der Waals surface area contributed by atoms with Crippen LogP contribution in [0.1, 0.15) is 5.69 Å². The van der Waals surface area contributed by atoms with E-state index in [0.29, 0.717) is 22.3 Å². The summed E-state index contributed by atoms with van der Waals surface area (Å²) in [5.74, 6) is 1.45. The molecule has 0 N–H and O–H groups in total. The molecule has 0 bridgehead atoms. The van der Waals surface area contributed by atoms with Gasteiger partial charge in [0.15, 0.2) is 11.0 Å². The van der Waals surface area contributed by atoms with Crippen LogP contribution < -0.4 is 0 Å². The van der Waals surface area contributed by atoms with Gasteiger partial charge in [-0.05, 0) is 18.2 Å². The Morgan fingerprint density at radius 1 is 1.10 bits per heavy atom. The Bertz CT molecular complexity index is 1150. The second-order valence-electron chi connectivity index (χ2n) is 6.13. The minimum Gasteiger partial charge on any atom is -0.298 e. The van der Waals surface area contributed by atoms with Crippen molar-refractivity contribution < 1.29 is 0 Å². The van der Waals surface area contributed by atoms with Crippen LogP contribution in [0.3, 0.4) is 0 Å². The molecule has 2 aromatic carbocycles. The lowest BCUT2D eigenvalue weighted by Crippen LogP contribution is -2.00. The zero-order chi connectivity index (χ0) is 20.2. The van der Waals surface area contributed by atoms with Crippen molar-refractivity contribution in [3.05, 3.63) is 82.3 Å². The molecule has 0 saturated carbocycles. The van der Waals surface area contributed by atoms with Gasteiger partial charge < -0.3 is 0 Å². The van der Waals surface area contributed by atoms with Gasteiger partial charge in [-0.25, -0.2) is 4.98 Å². The van der Waals surface area contributed by atoms with Crippen LogP contribution in [0.4, 0.5) is 0 Å². The summed E-state index contributed by atoms with van der Waals surface area (Å²) in [6.07, 6.45) is 1.83. The Morgan fingerprint density at radius 2 is 1.97 bits per heavy atom. The highest BCUT2D eigenvalue weighted by atomic mass is 35.5. The first-order valence-corrected chi connectivity index (χ1v) is 11.4.